The predicted molar refractivity (Wildman–Crippen MR) is 76.1 cm³/mol. The summed E-state index contributed by atoms with van der Waals surface area (Å²) in [5.41, 5.74) is 1.32. The third-order valence-corrected chi connectivity index (χ3v) is 3.94. The molecule has 1 saturated heterocycles. The summed E-state index contributed by atoms with van der Waals surface area (Å²) < 4.78 is 10.9. The Morgan fingerprint density at radius 3 is 2.32 bits per heavy atom. The number of ether oxygens (including phenoxy) is 2. The highest BCUT2D eigenvalue weighted by Crippen LogP contribution is 2.40. The lowest BCUT2D eigenvalue weighted by atomic mass is 9.88. The average Bonchev–Trinajstić information content (AvgIpc) is 2.73. The molecule has 1 fully saturated rings. The summed E-state index contributed by atoms with van der Waals surface area (Å²) in [5.74, 6) is 1.69. The number of anilines is 1. The van der Waals surface area contributed by atoms with Gasteiger partial charge >= 0.3 is 0 Å². The zero-order chi connectivity index (χ0) is 13.7. The van der Waals surface area contributed by atoms with E-state index in [4.69, 9.17) is 9.47 Å². The SMILES string of the molecule is CC1(C)CNCC(C)(C)N1c1ccc2c(c1)OCO2. The van der Waals surface area contributed by atoms with Crippen molar-refractivity contribution >= 4 is 5.69 Å². The molecule has 0 spiro atoms. The minimum absolute atomic E-state index is 0.0649. The van der Waals surface area contributed by atoms with E-state index in [0.29, 0.717) is 6.79 Å². The minimum Gasteiger partial charge on any atom is -0.454 e. The summed E-state index contributed by atoms with van der Waals surface area (Å²) >= 11 is 0. The van der Waals surface area contributed by atoms with Gasteiger partial charge in [0.05, 0.1) is 0 Å². The van der Waals surface area contributed by atoms with Crippen LogP contribution in [-0.4, -0.2) is 31.0 Å². The van der Waals surface area contributed by atoms with Gasteiger partial charge in [0.15, 0.2) is 11.5 Å². The van der Waals surface area contributed by atoms with Gasteiger partial charge in [0.1, 0.15) is 0 Å². The molecule has 0 unspecified atom stereocenters. The molecule has 0 atom stereocenters. The third kappa shape index (κ3) is 2.04. The molecule has 0 aromatic heterocycles. The van der Waals surface area contributed by atoms with E-state index in [9.17, 15) is 0 Å². The quantitative estimate of drug-likeness (QED) is 0.842. The fourth-order valence-corrected chi connectivity index (χ4v) is 3.38. The molecule has 2 aliphatic rings. The van der Waals surface area contributed by atoms with Gasteiger partial charge in [-0.15, -0.1) is 0 Å². The second-order valence-corrected chi connectivity index (χ2v) is 6.60. The van der Waals surface area contributed by atoms with Crippen molar-refractivity contribution in [2.45, 2.75) is 38.8 Å². The number of hydrogen-bond acceptors (Lipinski definition) is 4. The first-order chi connectivity index (χ1) is 8.90. The molecule has 0 aliphatic carbocycles. The van der Waals surface area contributed by atoms with Crippen LogP contribution < -0.4 is 19.7 Å². The Kier molecular flexibility index (Phi) is 2.68. The number of benzene rings is 1. The second-order valence-electron chi connectivity index (χ2n) is 6.60. The zero-order valence-corrected chi connectivity index (χ0v) is 12.1. The predicted octanol–water partition coefficient (Wildman–Crippen LogP) is 2.38. The van der Waals surface area contributed by atoms with Crippen molar-refractivity contribution < 1.29 is 9.47 Å². The Labute approximate surface area is 114 Å². The Hall–Kier alpha value is -1.42. The molecule has 0 amide bonds. The third-order valence-electron chi connectivity index (χ3n) is 3.94. The number of nitrogens with one attached hydrogen (secondary N) is 1. The van der Waals surface area contributed by atoms with Crippen molar-refractivity contribution in [3.63, 3.8) is 0 Å². The highest BCUT2D eigenvalue weighted by Gasteiger charge is 2.41. The van der Waals surface area contributed by atoms with Crippen molar-refractivity contribution in [1.82, 2.24) is 5.32 Å². The number of rotatable bonds is 1. The Morgan fingerprint density at radius 2 is 1.63 bits per heavy atom. The number of fused-ring (bicyclic) bond motifs is 1. The molecule has 0 bridgehead atoms. The molecule has 0 radical (unpaired) electrons. The molecule has 3 rings (SSSR count). The van der Waals surface area contributed by atoms with E-state index in [1.165, 1.54) is 5.69 Å². The van der Waals surface area contributed by atoms with Gasteiger partial charge < -0.3 is 19.7 Å². The summed E-state index contributed by atoms with van der Waals surface area (Å²) in [5, 5.41) is 3.52. The minimum atomic E-state index is 0.0649. The van der Waals surface area contributed by atoms with Crippen molar-refractivity contribution in [2.75, 3.05) is 24.8 Å². The normalized spacial score (nSPS) is 23.5. The first-order valence-electron chi connectivity index (χ1n) is 6.81. The fourth-order valence-electron chi connectivity index (χ4n) is 3.38. The summed E-state index contributed by atoms with van der Waals surface area (Å²) in [4.78, 5) is 2.48. The maximum Gasteiger partial charge on any atom is 0.231 e. The summed E-state index contributed by atoms with van der Waals surface area (Å²) in [6, 6.07) is 6.23. The summed E-state index contributed by atoms with van der Waals surface area (Å²) in [6.07, 6.45) is 0. The molecular formula is C15H22N2O2. The lowest BCUT2D eigenvalue weighted by Gasteiger charge is -2.54. The smallest absolute Gasteiger partial charge is 0.231 e. The van der Waals surface area contributed by atoms with Gasteiger partial charge in [0, 0.05) is 35.9 Å². The van der Waals surface area contributed by atoms with Crippen molar-refractivity contribution in [1.29, 1.82) is 0 Å². The van der Waals surface area contributed by atoms with Gasteiger partial charge in [-0.1, -0.05) is 0 Å². The highest BCUT2D eigenvalue weighted by molar-refractivity contribution is 5.60. The van der Waals surface area contributed by atoms with Crippen LogP contribution in [0.15, 0.2) is 18.2 Å². The molecular weight excluding hydrogens is 240 g/mol. The molecule has 1 aromatic carbocycles. The van der Waals surface area contributed by atoms with E-state index >= 15 is 0 Å². The van der Waals surface area contributed by atoms with Crippen LogP contribution in [0, 0.1) is 0 Å². The van der Waals surface area contributed by atoms with Crippen molar-refractivity contribution in [2.24, 2.45) is 0 Å². The maximum absolute atomic E-state index is 5.50. The number of piperazine rings is 1. The Morgan fingerprint density at radius 1 is 1.00 bits per heavy atom. The zero-order valence-electron chi connectivity index (χ0n) is 12.1. The fraction of sp³-hybridized carbons (Fsp3) is 0.600. The molecule has 0 saturated carbocycles. The molecule has 4 nitrogen and oxygen atoms in total. The topological polar surface area (TPSA) is 33.7 Å². The molecule has 1 N–H and O–H groups in total. The monoisotopic (exact) mass is 262 g/mol. The molecule has 2 aliphatic heterocycles. The van der Waals surface area contributed by atoms with Crippen LogP contribution in [0.5, 0.6) is 11.5 Å². The highest BCUT2D eigenvalue weighted by atomic mass is 16.7. The average molecular weight is 262 g/mol. The van der Waals surface area contributed by atoms with Gasteiger partial charge in [-0.25, -0.2) is 0 Å². The lowest BCUT2D eigenvalue weighted by molar-refractivity contribution is 0.174. The van der Waals surface area contributed by atoms with Crippen LogP contribution >= 0.6 is 0 Å². The van der Waals surface area contributed by atoms with E-state index in [2.05, 4.69) is 50.0 Å². The molecule has 104 valence electrons. The maximum atomic E-state index is 5.50. The van der Waals surface area contributed by atoms with E-state index in [-0.39, 0.29) is 11.1 Å². The van der Waals surface area contributed by atoms with E-state index < -0.39 is 0 Å². The largest absolute Gasteiger partial charge is 0.454 e. The molecule has 4 heteroatoms. The van der Waals surface area contributed by atoms with Crippen LogP contribution in [-0.2, 0) is 0 Å². The van der Waals surface area contributed by atoms with E-state index in [0.717, 1.165) is 24.6 Å². The van der Waals surface area contributed by atoms with Gasteiger partial charge in [-0.3, -0.25) is 0 Å². The lowest BCUT2D eigenvalue weighted by Crippen LogP contribution is -2.68. The van der Waals surface area contributed by atoms with Crippen LogP contribution in [0.1, 0.15) is 27.7 Å². The van der Waals surface area contributed by atoms with Crippen LogP contribution in [0.3, 0.4) is 0 Å². The molecule has 19 heavy (non-hydrogen) atoms. The first kappa shape index (κ1) is 12.6. The van der Waals surface area contributed by atoms with Crippen LogP contribution in [0.2, 0.25) is 0 Å². The van der Waals surface area contributed by atoms with Crippen LogP contribution in [0.4, 0.5) is 5.69 Å². The van der Waals surface area contributed by atoms with E-state index in [1.54, 1.807) is 0 Å². The first-order valence-corrected chi connectivity index (χ1v) is 6.81. The van der Waals surface area contributed by atoms with Gasteiger partial charge in [-0.05, 0) is 39.8 Å². The van der Waals surface area contributed by atoms with E-state index in [1.807, 2.05) is 6.07 Å². The number of hydrogen-bond donors (Lipinski definition) is 1. The molecule has 1 aromatic rings. The van der Waals surface area contributed by atoms with Gasteiger partial charge in [0.25, 0.3) is 0 Å². The van der Waals surface area contributed by atoms with Crippen molar-refractivity contribution in [3.05, 3.63) is 18.2 Å². The summed E-state index contributed by atoms with van der Waals surface area (Å²) in [6.45, 7) is 11.4. The Balaban J connectivity index is 2.03. The van der Waals surface area contributed by atoms with Gasteiger partial charge in [0.2, 0.25) is 6.79 Å². The molecule has 2 heterocycles. The van der Waals surface area contributed by atoms with Crippen molar-refractivity contribution in [3.8, 4) is 11.5 Å². The van der Waals surface area contributed by atoms with Gasteiger partial charge in [-0.2, -0.15) is 0 Å². The van der Waals surface area contributed by atoms with Crippen LogP contribution in [0.25, 0.3) is 0 Å². The standard InChI is InChI=1S/C15H22N2O2/c1-14(2)8-16-9-15(3,4)17(14)11-5-6-12-13(7-11)19-10-18-12/h5-7,16H,8-10H2,1-4H3. The summed E-state index contributed by atoms with van der Waals surface area (Å²) in [7, 11) is 0. The Bertz CT molecular complexity index is 481. The second kappa shape index (κ2) is 4.04. The number of nitrogens with zero attached hydrogens (tertiary/aromatic N) is 1.